The van der Waals surface area contributed by atoms with Gasteiger partial charge in [-0.05, 0) is 33.8 Å². The normalized spacial score (nSPS) is 10.7. The lowest BCUT2D eigenvalue weighted by molar-refractivity contribution is 0.0519. The molecule has 0 unspecified atom stereocenters. The molecule has 0 atom stereocenters. The maximum absolute atomic E-state index is 11.7. The van der Waals surface area contributed by atoms with E-state index in [0.29, 0.717) is 12.3 Å². The summed E-state index contributed by atoms with van der Waals surface area (Å²) in [5.41, 5.74) is 1.57. The van der Waals surface area contributed by atoms with Gasteiger partial charge in [0.15, 0.2) is 5.69 Å². The number of carbonyl (C=O) groups excluding carboxylic acids is 1. The van der Waals surface area contributed by atoms with Crippen molar-refractivity contribution in [1.29, 1.82) is 0 Å². The van der Waals surface area contributed by atoms with Crippen LogP contribution in [0, 0.1) is 20.8 Å². The predicted molar refractivity (Wildman–Crippen MR) is 75.6 cm³/mol. The minimum Gasteiger partial charge on any atom is -0.461 e. The van der Waals surface area contributed by atoms with Crippen LogP contribution >= 0.6 is 22.7 Å². The average Bonchev–Trinajstić information content (AvgIpc) is 2.82. The van der Waals surface area contributed by atoms with E-state index in [9.17, 15) is 4.79 Å². The first-order chi connectivity index (χ1) is 8.52. The fraction of sp³-hybridized carbons (Fsp3) is 0.385. The lowest BCUT2D eigenvalue weighted by atomic mass is 10.2. The van der Waals surface area contributed by atoms with E-state index >= 15 is 0 Å². The standard InChI is InChI=1S/C13H15NO2S2/c1-5-16-13(15)11-9(4)18-12(14-11)10-6-7(2)17-8(10)3/h6H,5H2,1-4H3. The molecular formula is C13H15NO2S2. The number of thiophene rings is 1. The molecule has 18 heavy (non-hydrogen) atoms. The van der Waals surface area contributed by atoms with Gasteiger partial charge in [0.1, 0.15) is 5.01 Å². The first-order valence-electron chi connectivity index (χ1n) is 5.75. The van der Waals surface area contributed by atoms with Crippen LogP contribution in [0.3, 0.4) is 0 Å². The van der Waals surface area contributed by atoms with Crippen LogP contribution in [0.4, 0.5) is 0 Å². The van der Waals surface area contributed by atoms with Gasteiger partial charge in [-0.15, -0.1) is 22.7 Å². The number of carbonyl (C=O) groups is 1. The molecule has 2 aromatic heterocycles. The van der Waals surface area contributed by atoms with Crippen LogP contribution in [0.15, 0.2) is 6.07 Å². The van der Waals surface area contributed by atoms with Gasteiger partial charge in [0.25, 0.3) is 0 Å². The fourth-order valence-electron chi connectivity index (χ4n) is 1.74. The highest BCUT2D eigenvalue weighted by Crippen LogP contribution is 2.34. The molecule has 0 fully saturated rings. The number of rotatable bonds is 3. The quantitative estimate of drug-likeness (QED) is 0.799. The highest BCUT2D eigenvalue weighted by atomic mass is 32.1. The summed E-state index contributed by atoms with van der Waals surface area (Å²) in [5, 5.41) is 0.900. The number of aryl methyl sites for hydroxylation is 3. The summed E-state index contributed by atoms with van der Waals surface area (Å²) in [6, 6.07) is 2.12. The third kappa shape index (κ3) is 2.47. The van der Waals surface area contributed by atoms with Crippen molar-refractivity contribution in [2.24, 2.45) is 0 Å². The average molecular weight is 281 g/mol. The van der Waals surface area contributed by atoms with Crippen molar-refractivity contribution in [3.8, 4) is 10.6 Å². The van der Waals surface area contributed by atoms with E-state index in [1.807, 2.05) is 6.92 Å². The molecule has 0 aliphatic rings. The Morgan fingerprint density at radius 1 is 1.28 bits per heavy atom. The van der Waals surface area contributed by atoms with E-state index in [0.717, 1.165) is 15.4 Å². The number of ether oxygens (including phenoxy) is 1. The smallest absolute Gasteiger partial charge is 0.358 e. The maximum Gasteiger partial charge on any atom is 0.358 e. The lowest BCUT2D eigenvalue weighted by Crippen LogP contribution is -2.06. The Balaban J connectivity index is 2.40. The second-order valence-electron chi connectivity index (χ2n) is 3.97. The second-order valence-corrected chi connectivity index (χ2v) is 6.63. The third-order valence-electron chi connectivity index (χ3n) is 2.54. The number of esters is 1. The van der Waals surface area contributed by atoms with Gasteiger partial charge < -0.3 is 4.74 Å². The first-order valence-corrected chi connectivity index (χ1v) is 7.38. The molecule has 0 spiro atoms. The second kappa shape index (κ2) is 5.20. The van der Waals surface area contributed by atoms with Crippen LogP contribution in [0.1, 0.15) is 32.0 Å². The van der Waals surface area contributed by atoms with Crippen molar-refractivity contribution in [2.45, 2.75) is 27.7 Å². The largest absolute Gasteiger partial charge is 0.461 e. The van der Waals surface area contributed by atoms with Gasteiger partial charge in [0.2, 0.25) is 0 Å². The van der Waals surface area contributed by atoms with Gasteiger partial charge in [-0.25, -0.2) is 9.78 Å². The molecule has 0 radical (unpaired) electrons. The van der Waals surface area contributed by atoms with Crippen molar-refractivity contribution in [3.63, 3.8) is 0 Å². The summed E-state index contributed by atoms with van der Waals surface area (Å²) in [5.74, 6) is -0.331. The molecule has 0 N–H and O–H groups in total. The summed E-state index contributed by atoms with van der Waals surface area (Å²) in [6.07, 6.45) is 0. The molecule has 0 saturated carbocycles. The third-order valence-corrected chi connectivity index (χ3v) is 4.51. The lowest BCUT2D eigenvalue weighted by Gasteiger charge is -1.97. The van der Waals surface area contributed by atoms with E-state index in [1.54, 1.807) is 29.6 Å². The van der Waals surface area contributed by atoms with Crippen LogP contribution in [-0.2, 0) is 4.74 Å². The zero-order valence-corrected chi connectivity index (χ0v) is 12.5. The Labute approximate surface area is 114 Å². The molecule has 2 aromatic rings. The van der Waals surface area contributed by atoms with Gasteiger partial charge in [0, 0.05) is 20.2 Å². The summed E-state index contributed by atoms with van der Waals surface area (Å²) in [6.45, 7) is 8.23. The number of aromatic nitrogens is 1. The molecule has 5 heteroatoms. The summed E-state index contributed by atoms with van der Waals surface area (Å²) in [4.78, 5) is 19.5. The number of thiazole rings is 1. The van der Waals surface area contributed by atoms with E-state index in [4.69, 9.17) is 4.74 Å². The fourth-order valence-corrected chi connectivity index (χ4v) is 3.71. The number of nitrogens with zero attached hydrogens (tertiary/aromatic N) is 1. The van der Waals surface area contributed by atoms with Crippen LogP contribution in [0.2, 0.25) is 0 Å². The van der Waals surface area contributed by atoms with E-state index in [1.165, 1.54) is 9.75 Å². The number of hydrogen-bond acceptors (Lipinski definition) is 5. The molecule has 2 rings (SSSR count). The molecule has 96 valence electrons. The van der Waals surface area contributed by atoms with Crippen LogP contribution in [0.5, 0.6) is 0 Å². The summed E-state index contributed by atoms with van der Waals surface area (Å²) < 4.78 is 5.00. The van der Waals surface area contributed by atoms with Gasteiger partial charge >= 0.3 is 5.97 Å². The van der Waals surface area contributed by atoms with Crippen LogP contribution < -0.4 is 0 Å². The highest BCUT2D eigenvalue weighted by molar-refractivity contribution is 7.16. The van der Waals surface area contributed by atoms with Crippen LogP contribution in [-0.4, -0.2) is 17.6 Å². The molecule has 2 heterocycles. The Hall–Kier alpha value is -1.20. The van der Waals surface area contributed by atoms with Gasteiger partial charge in [-0.1, -0.05) is 0 Å². The van der Waals surface area contributed by atoms with Crippen molar-refractivity contribution < 1.29 is 9.53 Å². The minimum absolute atomic E-state index is 0.331. The van der Waals surface area contributed by atoms with Gasteiger partial charge in [0.05, 0.1) is 6.61 Å². The zero-order chi connectivity index (χ0) is 13.3. The molecular weight excluding hydrogens is 266 g/mol. The molecule has 0 aliphatic carbocycles. The summed E-state index contributed by atoms with van der Waals surface area (Å²) in [7, 11) is 0. The van der Waals surface area contributed by atoms with E-state index < -0.39 is 0 Å². The molecule has 3 nitrogen and oxygen atoms in total. The van der Waals surface area contributed by atoms with E-state index in [-0.39, 0.29) is 5.97 Å². The van der Waals surface area contributed by atoms with E-state index in [2.05, 4.69) is 24.9 Å². The predicted octanol–water partition coefficient (Wildman–Crippen LogP) is 3.97. The number of hydrogen-bond donors (Lipinski definition) is 0. The Morgan fingerprint density at radius 2 is 2.00 bits per heavy atom. The summed E-state index contributed by atoms with van der Waals surface area (Å²) >= 11 is 3.29. The Kier molecular flexibility index (Phi) is 3.82. The van der Waals surface area contributed by atoms with Gasteiger partial charge in [-0.2, -0.15) is 0 Å². The molecule has 0 aliphatic heterocycles. The zero-order valence-electron chi connectivity index (χ0n) is 10.9. The molecule has 0 amide bonds. The Bertz CT molecular complexity index is 584. The van der Waals surface area contributed by atoms with Crippen molar-refractivity contribution in [1.82, 2.24) is 4.98 Å². The van der Waals surface area contributed by atoms with Crippen LogP contribution in [0.25, 0.3) is 10.6 Å². The minimum atomic E-state index is -0.331. The first kappa shape index (κ1) is 13.2. The molecule has 0 saturated heterocycles. The SMILES string of the molecule is CCOC(=O)c1nc(-c2cc(C)sc2C)sc1C. The molecule has 0 bridgehead atoms. The topological polar surface area (TPSA) is 39.2 Å². The molecule has 0 aromatic carbocycles. The van der Waals surface area contributed by atoms with Gasteiger partial charge in [-0.3, -0.25) is 0 Å². The van der Waals surface area contributed by atoms with Crippen molar-refractivity contribution in [2.75, 3.05) is 6.61 Å². The highest BCUT2D eigenvalue weighted by Gasteiger charge is 2.18. The monoisotopic (exact) mass is 281 g/mol. The van der Waals surface area contributed by atoms with Crippen molar-refractivity contribution >= 4 is 28.6 Å². The Morgan fingerprint density at radius 3 is 2.56 bits per heavy atom. The van der Waals surface area contributed by atoms with Crippen molar-refractivity contribution in [3.05, 3.63) is 26.4 Å². The maximum atomic E-state index is 11.7.